The lowest BCUT2D eigenvalue weighted by Gasteiger charge is -2.12. The molecule has 0 amide bonds. The Labute approximate surface area is 144 Å². The van der Waals surface area contributed by atoms with E-state index in [1.54, 1.807) is 0 Å². The lowest BCUT2D eigenvalue weighted by Crippen LogP contribution is -2.04. The van der Waals surface area contributed by atoms with E-state index in [1.807, 2.05) is 30.3 Å². The zero-order chi connectivity index (χ0) is 16.5. The van der Waals surface area contributed by atoms with Crippen LogP contribution in [0.5, 0.6) is 5.75 Å². The number of anilines is 1. The van der Waals surface area contributed by atoms with Gasteiger partial charge in [0.15, 0.2) is 0 Å². The normalized spacial score (nSPS) is 10.3. The van der Waals surface area contributed by atoms with E-state index < -0.39 is 0 Å². The van der Waals surface area contributed by atoms with E-state index in [2.05, 4.69) is 59.9 Å². The summed E-state index contributed by atoms with van der Waals surface area (Å²) in [5, 5.41) is 3.45. The molecule has 24 heavy (non-hydrogen) atoms. The third kappa shape index (κ3) is 4.88. The lowest BCUT2D eigenvalue weighted by molar-refractivity contribution is 0.303. The average molecular weight is 317 g/mol. The van der Waals surface area contributed by atoms with Crippen LogP contribution in [-0.4, -0.2) is 6.54 Å². The molecular weight excluding hydrogens is 294 g/mol. The molecule has 0 unspecified atom stereocenters. The van der Waals surface area contributed by atoms with E-state index >= 15 is 0 Å². The van der Waals surface area contributed by atoms with E-state index in [0.717, 1.165) is 25.1 Å². The summed E-state index contributed by atoms with van der Waals surface area (Å²) in [5.74, 6) is 0.987. The summed E-state index contributed by atoms with van der Waals surface area (Å²) in [4.78, 5) is 0. The van der Waals surface area contributed by atoms with Crippen molar-refractivity contribution in [1.82, 2.24) is 0 Å². The Morgan fingerprint density at radius 1 is 0.708 bits per heavy atom. The van der Waals surface area contributed by atoms with E-state index in [4.69, 9.17) is 4.74 Å². The maximum atomic E-state index is 6.02. The maximum Gasteiger partial charge on any atom is 0.122 e. The molecule has 0 saturated heterocycles. The van der Waals surface area contributed by atoms with E-state index in [1.165, 1.54) is 16.8 Å². The van der Waals surface area contributed by atoms with Crippen molar-refractivity contribution < 1.29 is 4.74 Å². The quantitative estimate of drug-likeness (QED) is 0.568. The summed E-state index contributed by atoms with van der Waals surface area (Å²) in [6.45, 7) is 1.57. The number of para-hydroxylation sites is 2. The van der Waals surface area contributed by atoms with Crippen LogP contribution >= 0.6 is 0 Å². The van der Waals surface area contributed by atoms with Crippen LogP contribution in [0.25, 0.3) is 0 Å². The molecule has 0 bridgehead atoms. The predicted molar refractivity (Wildman–Crippen MR) is 100 cm³/mol. The van der Waals surface area contributed by atoms with E-state index in [0.29, 0.717) is 6.61 Å². The molecule has 0 aromatic heterocycles. The van der Waals surface area contributed by atoms with Crippen molar-refractivity contribution in [3.8, 4) is 5.75 Å². The zero-order valence-corrected chi connectivity index (χ0v) is 13.8. The minimum Gasteiger partial charge on any atom is -0.489 e. The fourth-order valence-electron chi connectivity index (χ4n) is 2.65. The van der Waals surface area contributed by atoms with Gasteiger partial charge in [0.05, 0.1) is 0 Å². The first kappa shape index (κ1) is 16.1. The van der Waals surface area contributed by atoms with Crippen LogP contribution in [0.1, 0.15) is 17.5 Å². The van der Waals surface area contributed by atoms with Crippen LogP contribution in [0.4, 0.5) is 5.69 Å². The second kappa shape index (κ2) is 8.78. The summed E-state index contributed by atoms with van der Waals surface area (Å²) < 4.78 is 6.02. The van der Waals surface area contributed by atoms with E-state index in [9.17, 15) is 0 Å². The molecule has 0 aliphatic carbocycles. The van der Waals surface area contributed by atoms with Crippen LogP contribution < -0.4 is 10.1 Å². The van der Waals surface area contributed by atoms with Gasteiger partial charge in [-0.3, -0.25) is 0 Å². The molecule has 3 aromatic carbocycles. The molecule has 0 heterocycles. The third-order valence-electron chi connectivity index (χ3n) is 3.94. The van der Waals surface area contributed by atoms with Gasteiger partial charge in [-0.25, -0.2) is 0 Å². The highest BCUT2D eigenvalue weighted by Crippen LogP contribution is 2.21. The van der Waals surface area contributed by atoms with Gasteiger partial charge < -0.3 is 10.1 Å². The third-order valence-corrected chi connectivity index (χ3v) is 3.94. The molecule has 0 aliphatic heterocycles. The highest BCUT2D eigenvalue weighted by molar-refractivity contribution is 5.42. The Kier molecular flexibility index (Phi) is 5.90. The van der Waals surface area contributed by atoms with Gasteiger partial charge in [0.25, 0.3) is 0 Å². The number of ether oxygens (including phenoxy) is 1. The fraction of sp³-hybridized carbons (Fsp3) is 0.182. The highest BCUT2D eigenvalue weighted by Gasteiger charge is 2.03. The molecule has 0 spiro atoms. The van der Waals surface area contributed by atoms with Gasteiger partial charge in [0, 0.05) is 12.2 Å². The van der Waals surface area contributed by atoms with E-state index in [-0.39, 0.29) is 0 Å². The van der Waals surface area contributed by atoms with Crippen LogP contribution in [-0.2, 0) is 13.0 Å². The minimum absolute atomic E-state index is 0.611. The molecule has 0 saturated carbocycles. The number of rotatable bonds is 8. The van der Waals surface area contributed by atoms with Crippen LogP contribution in [0.2, 0.25) is 0 Å². The molecule has 2 nitrogen and oxygen atoms in total. The Bertz CT molecular complexity index is 725. The van der Waals surface area contributed by atoms with Crippen molar-refractivity contribution in [2.24, 2.45) is 0 Å². The minimum atomic E-state index is 0.611. The summed E-state index contributed by atoms with van der Waals surface area (Å²) >= 11 is 0. The Hall–Kier alpha value is -2.74. The predicted octanol–water partition coefficient (Wildman–Crippen LogP) is 5.31. The molecule has 3 rings (SSSR count). The first-order valence-corrected chi connectivity index (χ1v) is 8.45. The summed E-state index contributed by atoms with van der Waals surface area (Å²) in [5.41, 5.74) is 3.63. The van der Waals surface area contributed by atoms with Gasteiger partial charge in [-0.05, 0) is 42.2 Å². The number of aryl methyl sites for hydroxylation is 1. The first-order chi connectivity index (χ1) is 11.9. The largest absolute Gasteiger partial charge is 0.489 e. The molecule has 0 atom stereocenters. The smallest absolute Gasteiger partial charge is 0.122 e. The van der Waals surface area contributed by atoms with Gasteiger partial charge in [0.2, 0.25) is 0 Å². The van der Waals surface area contributed by atoms with Gasteiger partial charge in [-0.1, -0.05) is 66.7 Å². The van der Waals surface area contributed by atoms with Gasteiger partial charge in [0.1, 0.15) is 12.4 Å². The molecule has 1 N–H and O–H groups in total. The van der Waals surface area contributed by atoms with Crippen molar-refractivity contribution in [3.63, 3.8) is 0 Å². The van der Waals surface area contributed by atoms with Crippen LogP contribution in [0, 0.1) is 0 Å². The summed E-state index contributed by atoms with van der Waals surface area (Å²) in [6, 6.07) is 28.9. The zero-order valence-electron chi connectivity index (χ0n) is 13.8. The topological polar surface area (TPSA) is 21.3 Å². The second-order valence-electron chi connectivity index (χ2n) is 5.78. The SMILES string of the molecule is c1ccc(COc2ccccc2CCCNc2ccccc2)cc1. The number of benzene rings is 3. The Morgan fingerprint density at radius 3 is 2.17 bits per heavy atom. The van der Waals surface area contributed by atoms with Crippen molar-refractivity contribution in [1.29, 1.82) is 0 Å². The average Bonchev–Trinajstić information content (AvgIpc) is 2.66. The molecule has 3 aromatic rings. The molecule has 0 aliphatic rings. The van der Waals surface area contributed by atoms with Gasteiger partial charge in [-0.2, -0.15) is 0 Å². The van der Waals surface area contributed by atoms with Gasteiger partial charge in [-0.15, -0.1) is 0 Å². The maximum absolute atomic E-state index is 6.02. The van der Waals surface area contributed by atoms with Crippen molar-refractivity contribution in [3.05, 3.63) is 96.1 Å². The molecule has 0 radical (unpaired) electrons. The second-order valence-corrected chi connectivity index (χ2v) is 5.78. The lowest BCUT2D eigenvalue weighted by atomic mass is 10.1. The molecule has 122 valence electrons. The standard InChI is InChI=1S/C22H23NO/c1-3-10-19(11-4-1)18-24-22-16-8-7-12-20(22)13-9-17-23-21-14-5-2-6-15-21/h1-8,10-12,14-16,23H,9,13,17-18H2. The highest BCUT2D eigenvalue weighted by atomic mass is 16.5. The Morgan fingerprint density at radius 2 is 1.38 bits per heavy atom. The summed E-state index contributed by atoms with van der Waals surface area (Å²) in [6.07, 6.45) is 2.07. The Balaban J connectivity index is 1.50. The van der Waals surface area contributed by atoms with Crippen molar-refractivity contribution in [2.75, 3.05) is 11.9 Å². The van der Waals surface area contributed by atoms with Crippen molar-refractivity contribution in [2.45, 2.75) is 19.4 Å². The monoisotopic (exact) mass is 317 g/mol. The van der Waals surface area contributed by atoms with Crippen molar-refractivity contribution >= 4 is 5.69 Å². The summed E-state index contributed by atoms with van der Waals surface area (Å²) in [7, 11) is 0. The molecule has 2 heteroatoms. The molecule has 0 fully saturated rings. The van der Waals surface area contributed by atoms with Gasteiger partial charge >= 0.3 is 0 Å². The molecular formula is C22H23NO. The number of hydrogen-bond donors (Lipinski definition) is 1. The number of nitrogens with one attached hydrogen (secondary N) is 1. The number of hydrogen-bond acceptors (Lipinski definition) is 2. The van der Waals surface area contributed by atoms with Crippen LogP contribution in [0.3, 0.4) is 0 Å². The van der Waals surface area contributed by atoms with Crippen LogP contribution in [0.15, 0.2) is 84.9 Å². The fourth-order valence-corrected chi connectivity index (χ4v) is 2.65. The first-order valence-electron chi connectivity index (χ1n) is 8.45.